The van der Waals surface area contributed by atoms with Gasteiger partial charge < -0.3 is 4.90 Å². The Hall–Kier alpha value is 0.310. The van der Waals surface area contributed by atoms with Crippen molar-refractivity contribution < 1.29 is 0 Å². The molecule has 0 aliphatic rings. The summed E-state index contributed by atoms with van der Waals surface area (Å²) in [6.07, 6.45) is 2.16. The zero-order valence-electron chi connectivity index (χ0n) is 7.01. The summed E-state index contributed by atoms with van der Waals surface area (Å²) in [5.74, 6) is 0. The highest BCUT2D eigenvalue weighted by atomic mass is 32.2. The Balaban J connectivity index is 3.58. The van der Waals surface area contributed by atoms with E-state index >= 15 is 0 Å². The molecule has 9 heavy (non-hydrogen) atoms. The van der Waals surface area contributed by atoms with E-state index in [1.807, 2.05) is 11.8 Å². The predicted octanol–water partition coefficient (Wildman–Crippen LogP) is 1.69. The molecule has 0 heterocycles. The Morgan fingerprint density at radius 3 is 1.78 bits per heavy atom. The molecule has 0 aromatic rings. The summed E-state index contributed by atoms with van der Waals surface area (Å²) in [6, 6.07) is 0.681. The first kappa shape index (κ1) is 9.31. The Bertz CT molecular complexity index is 73.3. The second-order valence-electron chi connectivity index (χ2n) is 2.65. The quantitative estimate of drug-likeness (QED) is 0.597. The third kappa shape index (κ3) is 3.11. The lowest BCUT2D eigenvalue weighted by Gasteiger charge is -2.24. The molecule has 0 rings (SSSR count). The lowest BCUT2D eigenvalue weighted by Crippen LogP contribution is -2.32. The van der Waals surface area contributed by atoms with Crippen molar-refractivity contribution in [2.75, 3.05) is 20.4 Å². The normalized spacial score (nSPS) is 18.0. The van der Waals surface area contributed by atoms with E-state index in [0.29, 0.717) is 6.04 Å². The predicted molar refractivity (Wildman–Crippen MR) is 46.1 cm³/mol. The highest BCUT2D eigenvalue weighted by Crippen LogP contribution is 2.12. The number of thioether (sulfide) groups is 1. The SMILES string of the molecule is CSC(C)C(C)N(C)C. The van der Waals surface area contributed by atoms with Crippen molar-refractivity contribution in [3.8, 4) is 0 Å². The first-order valence-corrected chi connectivity index (χ1v) is 4.57. The van der Waals surface area contributed by atoms with Crippen LogP contribution in [0.2, 0.25) is 0 Å². The van der Waals surface area contributed by atoms with Gasteiger partial charge in [0.05, 0.1) is 0 Å². The van der Waals surface area contributed by atoms with E-state index in [9.17, 15) is 0 Å². The Labute approximate surface area is 62.8 Å². The molecule has 0 spiro atoms. The van der Waals surface area contributed by atoms with Gasteiger partial charge in [-0.1, -0.05) is 6.92 Å². The molecule has 0 aliphatic heterocycles. The van der Waals surface area contributed by atoms with Gasteiger partial charge in [0, 0.05) is 11.3 Å². The van der Waals surface area contributed by atoms with Crippen LogP contribution in [-0.2, 0) is 0 Å². The zero-order valence-corrected chi connectivity index (χ0v) is 7.83. The number of hydrogen-bond donors (Lipinski definition) is 0. The monoisotopic (exact) mass is 147 g/mol. The van der Waals surface area contributed by atoms with E-state index in [4.69, 9.17) is 0 Å². The molecule has 0 fully saturated rings. The van der Waals surface area contributed by atoms with Crippen molar-refractivity contribution in [3.05, 3.63) is 0 Å². The van der Waals surface area contributed by atoms with Gasteiger partial charge in [-0.15, -0.1) is 0 Å². The lowest BCUT2D eigenvalue weighted by atomic mass is 10.2. The molecule has 2 unspecified atom stereocenters. The highest BCUT2D eigenvalue weighted by Gasteiger charge is 2.11. The van der Waals surface area contributed by atoms with Gasteiger partial charge in [0.2, 0.25) is 0 Å². The van der Waals surface area contributed by atoms with Gasteiger partial charge in [-0.3, -0.25) is 0 Å². The number of nitrogens with zero attached hydrogens (tertiary/aromatic N) is 1. The summed E-state index contributed by atoms with van der Waals surface area (Å²) >= 11 is 1.92. The molecule has 2 heteroatoms. The fraction of sp³-hybridized carbons (Fsp3) is 1.00. The number of hydrogen-bond acceptors (Lipinski definition) is 2. The molecule has 0 saturated heterocycles. The Morgan fingerprint density at radius 1 is 1.22 bits per heavy atom. The maximum absolute atomic E-state index is 2.26. The van der Waals surface area contributed by atoms with E-state index in [1.54, 1.807) is 0 Å². The van der Waals surface area contributed by atoms with Crippen molar-refractivity contribution in [3.63, 3.8) is 0 Å². The van der Waals surface area contributed by atoms with Crippen molar-refractivity contribution in [2.24, 2.45) is 0 Å². The van der Waals surface area contributed by atoms with Crippen LogP contribution in [0.5, 0.6) is 0 Å². The van der Waals surface area contributed by atoms with Gasteiger partial charge in [0.1, 0.15) is 0 Å². The van der Waals surface area contributed by atoms with E-state index in [1.165, 1.54) is 0 Å². The third-order valence-electron chi connectivity index (χ3n) is 1.87. The molecule has 0 aromatic heterocycles. The third-order valence-corrected chi connectivity index (χ3v) is 3.00. The van der Waals surface area contributed by atoms with E-state index in [-0.39, 0.29) is 0 Å². The average molecular weight is 147 g/mol. The van der Waals surface area contributed by atoms with E-state index < -0.39 is 0 Å². The van der Waals surface area contributed by atoms with Gasteiger partial charge in [0.15, 0.2) is 0 Å². The summed E-state index contributed by atoms with van der Waals surface area (Å²) < 4.78 is 0. The van der Waals surface area contributed by atoms with Crippen LogP contribution in [0.4, 0.5) is 0 Å². The molecule has 0 aliphatic carbocycles. The van der Waals surface area contributed by atoms with Crippen molar-refractivity contribution in [1.82, 2.24) is 4.90 Å². The van der Waals surface area contributed by atoms with Crippen molar-refractivity contribution >= 4 is 11.8 Å². The lowest BCUT2D eigenvalue weighted by molar-refractivity contribution is 0.313. The minimum absolute atomic E-state index is 0.681. The maximum Gasteiger partial charge on any atom is 0.0177 e. The van der Waals surface area contributed by atoms with E-state index in [2.05, 4.69) is 39.1 Å². The fourth-order valence-corrected chi connectivity index (χ4v) is 1.25. The molecular formula is C7H17NS. The van der Waals surface area contributed by atoms with Crippen LogP contribution in [0.3, 0.4) is 0 Å². The van der Waals surface area contributed by atoms with Gasteiger partial charge in [-0.05, 0) is 27.3 Å². The first-order chi connectivity index (χ1) is 4.09. The van der Waals surface area contributed by atoms with Crippen LogP contribution >= 0.6 is 11.8 Å². The van der Waals surface area contributed by atoms with Crippen LogP contribution in [0.15, 0.2) is 0 Å². The molecule has 56 valence electrons. The van der Waals surface area contributed by atoms with E-state index in [0.717, 1.165) is 5.25 Å². The topological polar surface area (TPSA) is 3.24 Å². The summed E-state index contributed by atoms with van der Waals surface area (Å²) in [4.78, 5) is 2.25. The standard InChI is InChI=1S/C7H17NS/c1-6(8(3)4)7(2)9-5/h6-7H,1-5H3. The summed E-state index contributed by atoms with van der Waals surface area (Å²) in [5, 5.41) is 0.736. The smallest absolute Gasteiger partial charge is 0.0177 e. The van der Waals surface area contributed by atoms with Crippen molar-refractivity contribution in [1.29, 1.82) is 0 Å². The summed E-state index contributed by atoms with van der Waals surface area (Å²) in [7, 11) is 4.24. The fourth-order valence-electron chi connectivity index (χ4n) is 0.617. The molecule has 0 bridgehead atoms. The van der Waals surface area contributed by atoms with Crippen LogP contribution < -0.4 is 0 Å². The molecule has 0 amide bonds. The molecule has 0 saturated carbocycles. The van der Waals surface area contributed by atoms with Gasteiger partial charge in [-0.2, -0.15) is 11.8 Å². The first-order valence-electron chi connectivity index (χ1n) is 3.28. The minimum atomic E-state index is 0.681. The molecular weight excluding hydrogens is 130 g/mol. The molecule has 0 N–H and O–H groups in total. The van der Waals surface area contributed by atoms with Gasteiger partial charge in [0.25, 0.3) is 0 Å². The van der Waals surface area contributed by atoms with Crippen LogP contribution in [0.25, 0.3) is 0 Å². The molecule has 1 nitrogen and oxygen atoms in total. The minimum Gasteiger partial charge on any atom is -0.306 e. The Kier molecular flexibility index (Phi) is 4.32. The maximum atomic E-state index is 2.26. The van der Waals surface area contributed by atoms with Crippen LogP contribution in [-0.4, -0.2) is 36.5 Å². The molecule has 0 aromatic carbocycles. The molecule has 2 atom stereocenters. The average Bonchev–Trinajstić information content (AvgIpc) is 1.84. The highest BCUT2D eigenvalue weighted by molar-refractivity contribution is 7.99. The largest absolute Gasteiger partial charge is 0.306 e. The number of rotatable bonds is 3. The second kappa shape index (κ2) is 4.18. The summed E-state index contributed by atoms with van der Waals surface area (Å²) in [6.45, 7) is 4.51. The van der Waals surface area contributed by atoms with Crippen molar-refractivity contribution in [2.45, 2.75) is 25.1 Å². The second-order valence-corrected chi connectivity index (χ2v) is 3.86. The van der Waals surface area contributed by atoms with Crippen LogP contribution in [0.1, 0.15) is 13.8 Å². The summed E-state index contributed by atoms with van der Waals surface area (Å²) in [5.41, 5.74) is 0. The Morgan fingerprint density at radius 2 is 1.67 bits per heavy atom. The molecule has 0 radical (unpaired) electrons. The van der Waals surface area contributed by atoms with Gasteiger partial charge in [-0.25, -0.2) is 0 Å². The van der Waals surface area contributed by atoms with Crippen LogP contribution in [0, 0.1) is 0 Å². The zero-order chi connectivity index (χ0) is 7.44. The van der Waals surface area contributed by atoms with Gasteiger partial charge >= 0.3 is 0 Å².